The molecule has 4 aromatic rings. The van der Waals surface area contributed by atoms with Crippen molar-refractivity contribution >= 4 is 16.9 Å². The number of fused-ring (bicyclic) bond motifs is 1. The number of aryl methyl sites for hydroxylation is 2. The summed E-state index contributed by atoms with van der Waals surface area (Å²) >= 11 is 0. The SMILES string of the molecule is CC(C)c1ccc(OCCCn2c(CCCCCNC(=O)c3ccccc3)nc3ccccc32)cc1. The predicted molar refractivity (Wildman–Crippen MR) is 147 cm³/mol. The fraction of sp³-hybridized carbons (Fsp3) is 0.355. The number of benzene rings is 3. The summed E-state index contributed by atoms with van der Waals surface area (Å²) in [6.45, 7) is 6.65. The molecule has 0 aliphatic carbocycles. The van der Waals surface area contributed by atoms with Crippen molar-refractivity contribution in [1.29, 1.82) is 0 Å². The number of unbranched alkanes of at least 4 members (excludes halogenated alkanes) is 2. The van der Waals surface area contributed by atoms with E-state index in [1.807, 2.05) is 36.4 Å². The van der Waals surface area contributed by atoms with Gasteiger partial charge in [0.2, 0.25) is 0 Å². The summed E-state index contributed by atoms with van der Waals surface area (Å²) in [6, 6.07) is 26.2. The number of rotatable bonds is 13. The number of imidazole rings is 1. The van der Waals surface area contributed by atoms with E-state index >= 15 is 0 Å². The number of ether oxygens (including phenoxy) is 1. The van der Waals surface area contributed by atoms with Gasteiger partial charge in [0.15, 0.2) is 0 Å². The molecule has 0 unspecified atom stereocenters. The number of hydrogen-bond donors (Lipinski definition) is 1. The number of carbonyl (C=O) groups excluding carboxylic acids is 1. The summed E-state index contributed by atoms with van der Waals surface area (Å²) in [4.78, 5) is 17.1. The average Bonchev–Trinajstić information content (AvgIpc) is 3.26. The van der Waals surface area contributed by atoms with E-state index in [-0.39, 0.29) is 5.91 Å². The van der Waals surface area contributed by atoms with E-state index in [9.17, 15) is 4.79 Å². The van der Waals surface area contributed by atoms with Crippen molar-refractivity contribution in [3.05, 3.63) is 95.8 Å². The zero-order valence-corrected chi connectivity index (χ0v) is 21.5. The molecule has 36 heavy (non-hydrogen) atoms. The third-order valence-electron chi connectivity index (χ3n) is 6.47. The number of nitrogens with zero attached hydrogens (tertiary/aromatic N) is 2. The summed E-state index contributed by atoms with van der Waals surface area (Å²) in [5.74, 6) is 2.58. The van der Waals surface area contributed by atoms with Crippen LogP contribution in [-0.2, 0) is 13.0 Å². The van der Waals surface area contributed by atoms with Crippen LogP contribution in [0.2, 0.25) is 0 Å². The second-order valence-corrected chi connectivity index (χ2v) is 9.53. The lowest BCUT2D eigenvalue weighted by atomic mass is 10.0. The summed E-state index contributed by atoms with van der Waals surface area (Å²) in [5, 5.41) is 3.01. The Bertz CT molecular complexity index is 1230. The van der Waals surface area contributed by atoms with Crippen LogP contribution in [0.25, 0.3) is 11.0 Å². The third kappa shape index (κ3) is 6.97. The van der Waals surface area contributed by atoms with Crippen LogP contribution in [0.4, 0.5) is 0 Å². The van der Waals surface area contributed by atoms with Crippen LogP contribution in [0, 0.1) is 0 Å². The first-order valence-electron chi connectivity index (χ1n) is 13.1. The summed E-state index contributed by atoms with van der Waals surface area (Å²) in [5.41, 5.74) is 4.27. The van der Waals surface area contributed by atoms with E-state index in [4.69, 9.17) is 9.72 Å². The van der Waals surface area contributed by atoms with Gasteiger partial charge >= 0.3 is 0 Å². The average molecular weight is 484 g/mol. The Kier molecular flexibility index (Phi) is 9.15. The van der Waals surface area contributed by atoms with Crippen LogP contribution >= 0.6 is 0 Å². The van der Waals surface area contributed by atoms with E-state index < -0.39 is 0 Å². The molecule has 1 amide bonds. The van der Waals surface area contributed by atoms with Crippen LogP contribution in [0.3, 0.4) is 0 Å². The van der Waals surface area contributed by atoms with Crippen molar-refractivity contribution in [2.45, 2.75) is 58.4 Å². The van der Waals surface area contributed by atoms with E-state index in [2.05, 4.69) is 66.2 Å². The molecule has 0 spiro atoms. The highest BCUT2D eigenvalue weighted by Gasteiger charge is 2.10. The molecule has 4 rings (SSSR count). The molecule has 0 bridgehead atoms. The highest BCUT2D eigenvalue weighted by Crippen LogP contribution is 2.20. The van der Waals surface area contributed by atoms with Gasteiger partial charge in [-0.1, -0.05) is 62.7 Å². The van der Waals surface area contributed by atoms with Crippen molar-refractivity contribution in [1.82, 2.24) is 14.9 Å². The fourth-order valence-corrected chi connectivity index (χ4v) is 4.41. The molecule has 1 heterocycles. The van der Waals surface area contributed by atoms with Crippen LogP contribution in [0.5, 0.6) is 5.75 Å². The first kappa shape index (κ1) is 25.5. The number of amides is 1. The summed E-state index contributed by atoms with van der Waals surface area (Å²) < 4.78 is 8.34. The molecule has 0 aliphatic heterocycles. The summed E-state index contributed by atoms with van der Waals surface area (Å²) in [7, 11) is 0. The number of aromatic nitrogens is 2. The maximum atomic E-state index is 12.2. The second-order valence-electron chi connectivity index (χ2n) is 9.53. The number of nitrogens with one attached hydrogen (secondary N) is 1. The summed E-state index contributed by atoms with van der Waals surface area (Å²) in [6.07, 6.45) is 4.91. The molecule has 1 N–H and O–H groups in total. The van der Waals surface area contributed by atoms with Crippen LogP contribution in [0.15, 0.2) is 78.9 Å². The molecule has 3 aromatic carbocycles. The van der Waals surface area contributed by atoms with Gasteiger partial charge in [-0.25, -0.2) is 4.98 Å². The van der Waals surface area contributed by atoms with E-state index in [1.165, 1.54) is 11.1 Å². The van der Waals surface area contributed by atoms with Gasteiger partial charge < -0.3 is 14.6 Å². The molecule has 5 nitrogen and oxygen atoms in total. The van der Waals surface area contributed by atoms with E-state index in [0.29, 0.717) is 24.6 Å². The molecule has 0 radical (unpaired) electrons. The van der Waals surface area contributed by atoms with Crippen molar-refractivity contribution in [2.75, 3.05) is 13.2 Å². The van der Waals surface area contributed by atoms with Gasteiger partial charge in [-0.05, 0) is 67.1 Å². The van der Waals surface area contributed by atoms with Crippen molar-refractivity contribution in [3.63, 3.8) is 0 Å². The van der Waals surface area contributed by atoms with Crippen LogP contribution in [0.1, 0.15) is 67.2 Å². The van der Waals surface area contributed by atoms with E-state index in [0.717, 1.165) is 55.7 Å². The number of hydrogen-bond acceptors (Lipinski definition) is 3. The highest BCUT2D eigenvalue weighted by molar-refractivity contribution is 5.94. The van der Waals surface area contributed by atoms with E-state index in [1.54, 1.807) is 0 Å². The largest absolute Gasteiger partial charge is 0.494 e. The van der Waals surface area contributed by atoms with Crippen molar-refractivity contribution < 1.29 is 9.53 Å². The third-order valence-corrected chi connectivity index (χ3v) is 6.47. The lowest BCUT2D eigenvalue weighted by Crippen LogP contribution is -2.24. The van der Waals surface area contributed by atoms with Crippen molar-refractivity contribution in [3.8, 4) is 5.75 Å². The molecular weight excluding hydrogens is 446 g/mol. The monoisotopic (exact) mass is 483 g/mol. The van der Waals surface area contributed by atoms with Gasteiger partial charge in [0.25, 0.3) is 5.91 Å². The minimum Gasteiger partial charge on any atom is -0.494 e. The molecule has 0 saturated carbocycles. The Morgan fingerprint density at radius 3 is 2.42 bits per heavy atom. The molecule has 0 aliphatic rings. The zero-order valence-electron chi connectivity index (χ0n) is 21.5. The topological polar surface area (TPSA) is 56.1 Å². The first-order chi connectivity index (χ1) is 17.6. The number of para-hydroxylation sites is 2. The number of carbonyl (C=O) groups is 1. The zero-order chi connectivity index (χ0) is 25.2. The van der Waals surface area contributed by atoms with Gasteiger partial charge in [0.1, 0.15) is 11.6 Å². The molecule has 0 saturated heterocycles. The Morgan fingerprint density at radius 2 is 1.64 bits per heavy atom. The van der Waals surface area contributed by atoms with Gasteiger partial charge in [-0.2, -0.15) is 0 Å². The second kappa shape index (κ2) is 12.9. The minimum atomic E-state index is -0.00419. The Hall–Kier alpha value is -3.60. The maximum absolute atomic E-state index is 12.2. The first-order valence-corrected chi connectivity index (χ1v) is 13.1. The fourth-order valence-electron chi connectivity index (χ4n) is 4.41. The van der Waals surface area contributed by atoms with Gasteiger partial charge in [0.05, 0.1) is 17.6 Å². The maximum Gasteiger partial charge on any atom is 0.251 e. The quantitative estimate of drug-likeness (QED) is 0.213. The Labute approximate surface area is 214 Å². The van der Waals surface area contributed by atoms with Gasteiger partial charge in [0, 0.05) is 25.1 Å². The lowest BCUT2D eigenvalue weighted by Gasteiger charge is -2.11. The highest BCUT2D eigenvalue weighted by atomic mass is 16.5. The molecular formula is C31H37N3O2. The normalized spacial score (nSPS) is 11.2. The molecule has 5 heteroatoms. The minimum absolute atomic E-state index is 0.00419. The van der Waals surface area contributed by atoms with Crippen molar-refractivity contribution in [2.24, 2.45) is 0 Å². The Balaban J connectivity index is 1.24. The standard InChI is InChI=1S/C31H37N3O2/c1-24(2)25-17-19-27(20-18-25)36-23-11-22-34-29-15-9-8-14-28(29)33-30(34)16-7-4-10-21-32-31(35)26-12-5-3-6-13-26/h3,5-6,8-9,12-15,17-20,24H,4,7,10-11,16,21-23H2,1-2H3,(H,32,35). The molecule has 0 fully saturated rings. The molecule has 0 atom stereocenters. The predicted octanol–water partition coefficient (Wildman–Crippen LogP) is 6.77. The lowest BCUT2D eigenvalue weighted by molar-refractivity contribution is 0.0953. The molecule has 188 valence electrons. The smallest absolute Gasteiger partial charge is 0.251 e. The Morgan fingerprint density at radius 1 is 0.889 bits per heavy atom. The van der Waals surface area contributed by atoms with Crippen LogP contribution in [-0.4, -0.2) is 28.6 Å². The molecule has 1 aromatic heterocycles. The van der Waals surface area contributed by atoms with Gasteiger partial charge in [-0.15, -0.1) is 0 Å². The van der Waals surface area contributed by atoms with Crippen LogP contribution < -0.4 is 10.1 Å². The van der Waals surface area contributed by atoms with Gasteiger partial charge in [-0.3, -0.25) is 4.79 Å².